The summed E-state index contributed by atoms with van der Waals surface area (Å²) >= 11 is 11.9. The molecule has 1 atom stereocenters. The monoisotopic (exact) mass is 286 g/mol. The number of likely N-dealkylation sites (N-methyl/N-ethyl adjacent to an activating group) is 1. The van der Waals surface area contributed by atoms with Crippen LogP contribution in [0.15, 0.2) is 18.2 Å². The van der Waals surface area contributed by atoms with Crippen LogP contribution in [0.2, 0.25) is 10.0 Å². The fourth-order valence-electron chi connectivity index (χ4n) is 2.22. The topological polar surface area (TPSA) is 32.3 Å². The van der Waals surface area contributed by atoms with Crippen molar-refractivity contribution in [3.63, 3.8) is 0 Å². The van der Waals surface area contributed by atoms with Crippen LogP contribution in [0.25, 0.3) is 0 Å². The SMILES string of the molecule is CN1CCCCC1C(=O)Nc1cc(Cl)ccc1Cl. The number of amides is 1. The van der Waals surface area contributed by atoms with Crippen molar-refractivity contribution in [3.05, 3.63) is 28.2 Å². The molecule has 1 heterocycles. The molecule has 1 unspecified atom stereocenters. The Labute approximate surface area is 117 Å². The lowest BCUT2D eigenvalue weighted by Crippen LogP contribution is -2.44. The van der Waals surface area contributed by atoms with Crippen LogP contribution in [-0.2, 0) is 4.79 Å². The first-order chi connectivity index (χ1) is 8.58. The molecule has 0 radical (unpaired) electrons. The predicted molar refractivity (Wildman–Crippen MR) is 75.4 cm³/mol. The maximum Gasteiger partial charge on any atom is 0.241 e. The van der Waals surface area contributed by atoms with E-state index >= 15 is 0 Å². The molecule has 0 aromatic heterocycles. The molecule has 1 N–H and O–H groups in total. The van der Waals surface area contributed by atoms with Gasteiger partial charge in [0.25, 0.3) is 0 Å². The van der Waals surface area contributed by atoms with E-state index in [0.717, 1.165) is 25.8 Å². The van der Waals surface area contributed by atoms with Gasteiger partial charge in [0.2, 0.25) is 5.91 Å². The number of rotatable bonds is 2. The van der Waals surface area contributed by atoms with Crippen LogP contribution < -0.4 is 5.32 Å². The molecule has 1 fully saturated rings. The minimum atomic E-state index is -0.0752. The molecule has 1 aliphatic heterocycles. The molecule has 1 aliphatic rings. The van der Waals surface area contributed by atoms with E-state index in [1.807, 2.05) is 7.05 Å². The molecular weight excluding hydrogens is 271 g/mol. The number of halogens is 2. The van der Waals surface area contributed by atoms with E-state index in [0.29, 0.717) is 15.7 Å². The molecule has 18 heavy (non-hydrogen) atoms. The molecule has 2 rings (SSSR count). The molecule has 0 spiro atoms. The number of hydrogen-bond acceptors (Lipinski definition) is 2. The number of nitrogens with zero attached hydrogens (tertiary/aromatic N) is 1. The van der Waals surface area contributed by atoms with Gasteiger partial charge in [-0.05, 0) is 44.6 Å². The third kappa shape index (κ3) is 3.16. The summed E-state index contributed by atoms with van der Waals surface area (Å²) in [6.07, 6.45) is 3.13. The minimum absolute atomic E-state index is 0.0126. The Morgan fingerprint density at radius 2 is 2.17 bits per heavy atom. The first-order valence-electron chi connectivity index (χ1n) is 6.04. The first kappa shape index (κ1) is 13.7. The third-order valence-corrected chi connectivity index (χ3v) is 3.82. The van der Waals surface area contributed by atoms with Gasteiger partial charge in [0.05, 0.1) is 16.8 Å². The number of likely N-dealkylation sites (tertiary alicyclic amines) is 1. The lowest BCUT2D eigenvalue weighted by atomic mass is 10.0. The van der Waals surface area contributed by atoms with Gasteiger partial charge in [-0.2, -0.15) is 0 Å². The van der Waals surface area contributed by atoms with Gasteiger partial charge in [0, 0.05) is 5.02 Å². The summed E-state index contributed by atoms with van der Waals surface area (Å²) in [6.45, 7) is 0.960. The van der Waals surface area contributed by atoms with Crippen molar-refractivity contribution in [2.75, 3.05) is 18.9 Å². The maximum atomic E-state index is 12.2. The average molecular weight is 287 g/mol. The fourth-order valence-corrected chi connectivity index (χ4v) is 2.55. The molecule has 1 amide bonds. The van der Waals surface area contributed by atoms with E-state index in [4.69, 9.17) is 23.2 Å². The lowest BCUT2D eigenvalue weighted by Gasteiger charge is -2.31. The molecule has 0 aliphatic carbocycles. The molecule has 3 nitrogen and oxygen atoms in total. The van der Waals surface area contributed by atoms with E-state index in [2.05, 4.69) is 10.2 Å². The molecule has 0 bridgehead atoms. The summed E-state index contributed by atoms with van der Waals surface area (Å²) in [6, 6.07) is 4.98. The van der Waals surface area contributed by atoms with E-state index in [-0.39, 0.29) is 11.9 Å². The molecular formula is C13H16Cl2N2O. The molecule has 1 aromatic rings. The number of piperidine rings is 1. The Bertz CT molecular complexity index is 451. The van der Waals surface area contributed by atoms with E-state index in [9.17, 15) is 4.79 Å². The maximum absolute atomic E-state index is 12.2. The minimum Gasteiger partial charge on any atom is -0.323 e. The highest BCUT2D eigenvalue weighted by atomic mass is 35.5. The van der Waals surface area contributed by atoms with E-state index in [1.165, 1.54) is 0 Å². The fraction of sp³-hybridized carbons (Fsp3) is 0.462. The molecule has 5 heteroatoms. The highest BCUT2D eigenvalue weighted by molar-refractivity contribution is 6.35. The Morgan fingerprint density at radius 3 is 2.89 bits per heavy atom. The summed E-state index contributed by atoms with van der Waals surface area (Å²) in [7, 11) is 1.98. The normalized spacial score (nSPS) is 20.7. The zero-order chi connectivity index (χ0) is 13.1. The smallest absolute Gasteiger partial charge is 0.241 e. The van der Waals surface area contributed by atoms with E-state index < -0.39 is 0 Å². The lowest BCUT2D eigenvalue weighted by molar-refractivity contribution is -0.121. The van der Waals surface area contributed by atoms with Crippen molar-refractivity contribution < 1.29 is 4.79 Å². The second-order valence-electron chi connectivity index (χ2n) is 4.61. The Morgan fingerprint density at radius 1 is 1.39 bits per heavy atom. The van der Waals surface area contributed by atoms with Crippen LogP contribution in [0.5, 0.6) is 0 Å². The summed E-state index contributed by atoms with van der Waals surface area (Å²) < 4.78 is 0. The number of nitrogens with one attached hydrogen (secondary N) is 1. The highest BCUT2D eigenvalue weighted by Gasteiger charge is 2.26. The standard InChI is InChI=1S/C13H16Cl2N2O/c1-17-7-3-2-4-12(17)13(18)16-11-8-9(14)5-6-10(11)15/h5-6,8,12H,2-4,7H2,1H3,(H,16,18). The summed E-state index contributed by atoms with van der Waals surface area (Å²) in [4.78, 5) is 14.3. The van der Waals surface area contributed by atoms with Gasteiger partial charge in [0.1, 0.15) is 0 Å². The number of anilines is 1. The van der Waals surface area contributed by atoms with Crippen LogP contribution in [0.1, 0.15) is 19.3 Å². The molecule has 1 aromatic carbocycles. The Hall–Kier alpha value is -0.770. The molecule has 0 saturated carbocycles. The zero-order valence-electron chi connectivity index (χ0n) is 10.2. The van der Waals surface area contributed by atoms with E-state index in [1.54, 1.807) is 18.2 Å². The van der Waals surface area contributed by atoms with Gasteiger partial charge in [-0.3, -0.25) is 9.69 Å². The molecule has 1 saturated heterocycles. The van der Waals surface area contributed by atoms with Gasteiger partial charge < -0.3 is 5.32 Å². The van der Waals surface area contributed by atoms with Crippen molar-refractivity contribution >= 4 is 34.8 Å². The second-order valence-corrected chi connectivity index (χ2v) is 5.45. The second kappa shape index (κ2) is 5.91. The van der Waals surface area contributed by atoms with Crippen LogP contribution in [0.4, 0.5) is 5.69 Å². The molecule has 98 valence electrons. The summed E-state index contributed by atoms with van der Waals surface area (Å²) in [5, 5.41) is 3.92. The summed E-state index contributed by atoms with van der Waals surface area (Å²) in [5.41, 5.74) is 0.577. The van der Waals surface area contributed by atoms with Crippen LogP contribution in [-0.4, -0.2) is 30.4 Å². The number of carbonyl (C=O) groups is 1. The van der Waals surface area contributed by atoms with Gasteiger partial charge in [0.15, 0.2) is 0 Å². The highest BCUT2D eigenvalue weighted by Crippen LogP contribution is 2.26. The number of hydrogen-bond donors (Lipinski definition) is 1. The van der Waals surface area contributed by atoms with Crippen LogP contribution in [0, 0.1) is 0 Å². The zero-order valence-corrected chi connectivity index (χ0v) is 11.8. The van der Waals surface area contributed by atoms with Crippen molar-refractivity contribution in [2.24, 2.45) is 0 Å². The van der Waals surface area contributed by atoms with Crippen LogP contribution in [0.3, 0.4) is 0 Å². The summed E-state index contributed by atoms with van der Waals surface area (Å²) in [5.74, 6) is -0.0126. The van der Waals surface area contributed by atoms with Gasteiger partial charge in [-0.25, -0.2) is 0 Å². The predicted octanol–water partition coefficient (Wildman–Crippen LogP) is 3.42. The Kier molecular flexibility index (Phi) is 4.49. The quantitative estimate of drug-likeness (QED) is 0.904. The van der Waals surface area contributed by atoms with Crippen molar-refractivity contribution in [2.45, 2.75) is 25.3 Å². The van der Waals surface area contributed by atoms with Crippen LogP contribution >= 0.6 is 23.2 Å². The van der Waals surface area contributed by atoms with Crippen molar-refractivity contribution in [3.8, 4) is 0 Å². The Balaban J connectivity index is 2.08. The van der Waals surface area contributed by atoms with Crippen molar-refractivity contribution in [1.82, 2.24) is 4.90 Å². The number of carbonyl (C=O) groups excluding carboxylic acids is 1. The van der Waals surface area contributed by atoms with Gasteiger partial charge in [-0.1, -0.05) is 29.6 Å². The number of benzene rings is 1. The first-order valence-corrected chi connectivity index (χ1v) is 6.79. The largest absolute Gasteiger partial charge is 0.323 e. The average Bonchev–Trinajstić information content (AvgIpc) is 2.34. The van der Waals surface area contributed by atoms with Crippen molar-refractivity contribution in [1.29, 1.82) is 0 Å². The van der Waals surface area contributed by atoms with Gasteiger partial charge >= 0.3 is 0 Å². The third-order valence-electron chi connectivity index (χ3n) is 3.26. The van der Waals surface area contributed by atoms with Gasteiger partial charge in [-0.15, -0.1) is 0 Å².